The van der Waals surface area contributed by atoms with E-state index in [1.807, 2.05) is 25.1 Å². The van der Waals surface area contributed by atoms with Crippen LogP contribution in [-0.2, 0) is 4.79 Å². The third-order valence-corrected chi connectivity index (χ3v) is 3.99. The largest absolute Gasteiger partial charge is 0.348 e. The molecule has 1 amide bonds. The van der Waals surface area contributed by atoms with Crippen LogP contribution in [0.2, 0.25) is 0 Å². The minimum absolute atomic E-state index is 0.0725. The fourth-order valence-corrected chi connectivity index (χ4v) is 3.24. The van der Waals surface area contributed by atoms with Crippen LogP contribution in [0.1, 0.15) is 38.8 Å². The van der Waals surface area contributed by atoms with Crippen LogP contribution < -0.4 is 5.32 Å². The average molecular weight is 274 g/mol. The number of piperidine rings is 1. The van der Waals surface area contributed by atoms with E-state index in [9.17, 15) is 4.79 Å². The maximum absolute atomic E-state index is 12.2. The van der Waals surface area contributed by atoms with E-state index in [1.54, 1.807) is 0 Å². The first-order chi connectivity index (χ1) is 9.54. The molecule has 1 saturated heterocycles. The molecule has 1 aliphatic rings. The summed E-state index contributed by atoms with van der Waals surface area (Å²) in [5.74, 6) is 1.51. The molecule has 3 nitrogen and oxygen atoms in total. The van der Waals surface area contributed by atoms with Gasteiger partial charge >= 0.3 is 0 Å². The van der Waals surface area contributed by atoms with Crippen LogP contribution in [0.3, 0.4) is 0 Å². The van der Waals surface area contributed by atoms with Gasteiger partial charge in [-0.3, -0.25) is 9.69 Å². The predicted octanol–water partition coefficient (Wildman–Crippen LogP) is 2.84. The van der Waals surface area contributed by atoms with E-state index in [1.165, 1.54) is 6.42 Å². The molecule has 0 saturated carbocycles. The van der Waals surface area contributed by atoms with Gasteiger partial charge < -0.3 is 5.32 Å². The summed E-state index contributed by atoms with van der Waals surface area (Å²) in [4.78, 5) is 14.4. The van der Waals surface area contributed by atoms with Crippen LogP contribution in [0.25, 0.3) is 0 Å². The second-order valence-corrected chi connectivity index (χ2v) is 6.34. The smallest absolute Gasteiger partial charge is 0.234 e. The predicted molar refractivity (Wildman–Crippen MR) is 82.4 cm³/mol. The van der Waals surface area contributed by atoms with Crippen LogP contribution in [0.5, 0.6) is 0 Å². The van der Waals surface area contributed by atoms with Gasteiger partial charge in [-0.05, 0) is 30.7 Å². The Labute approximate surface area is 122 Å². The SMILES string of the molecule is CC1CC(C)CN(CC(=O)NC(C)c2ccccc2)C1. The van der Waals surface area contributed by atoms with Gasteiger partial charge in [0.1, 0.15) is 0 Å². The summed E-state index contributed by atoms with van der Waals surface area (Å²) >= 11 is 0. The molecular formula is C17H26N2O. The van der Waals surface area contributed by atoms with Crippen molar-refractivity contribution in [3.63, 3.8) is 0 Å². The van der Waals surface area contributed by atoms with E-state index in [2.05, 4.69) is 36.2 Å². The van der Waals surface area contributed by atoms with Gasteiger partial charge in [0.15, 0.2) is 0 Å². The highest BCUT2D eigenvalue weighted by Crippen LogP contribution is 2.20. The molecule has 20 heavy (non-hydrogen) atoms. The minimum atomic E-state index is 0.0725. The number of nitrogens with one attached hydrogen (secondary N) is 1. The van der Waals surface area contributed by atoms with Crippen molar-refractivity contribution in [1.29, 1.82) is 0 Å². The quantitative estimate of drug-likeness (QED) is 0.915. The summed E-state index contributed by atoms with van der Waals surface area (Å²) in [6, 6.07) is 10.2. The molecular weight excluding hydrogens is 248 g/mol. The Kier molecular flexibility index (Phi) is 5.18. The molecule has 0 aliphatic carbocycles. The van der Waals surface area contributed by atoms with Crippen molar-refractivity contribution >= 4 is 5.91 Å². The molecule has 3 heteroatoms. The van der Waals surface area contributed by atoms with Crippen molar-refractivity contribution in [2.24, 2.45) is 11.8 Å². The second-order valence-electron chi connectivity index (χ2n) is 6.34. The highest BCUT2D eigenvalue weighted by molar-refractivity contribution is 5.78. The third kappa shape index (κ3) is 4.34. The number of hydrogen-bond donors (Lipinski definition) is 1. The first-order valence-electron chi connectivity index (χ1n) is 7.61. The van der Waals surface area contributed by atoms with E-state index >= 15 is 0 Å². The van der Waals surface area contributed by atoms with E-state index < -0.39 is 0 Å². The zero-order valence-electron chi connectivity index (χ0n) is 12.8. The van der Waals surface area contributed by atoms with Crippen molar-refractivity contribution < 1.29 is 4.79 Å². The van der Waals surface area contributed by atoms with Gasteiger partial charge in [-0.1, -0.05) is 44.2 Å². The number of carbonyl (C=O) groups is 1. The van der Waals surface area contributed by atoms with Gasteiger partial charge in [0.05, 0.1) is 12.6 Å². The number of hydrogen-bond acceptors (Lipinski definition) is 2. The van der Waals surface area contributed by atoms with Crippen molar-refractivity contribution in [3.8, 4) is 0 Å². The lowest BCUT2D eigenvalue weighted by atomic mass is 9.92. The molecule has 3 unspecified atom stereocenters. The molecule has 1 fully saturated rings. The Morgan fingerprint density at radius 3 is 2.45 bits per heavy atom. The van der Waals surface area contributed by atoms with E-state index in [-0.39, 0.29) is 11.9 Å². The van der Waals surface area contributed by atoms with E-state index in [4.69, 9.17) is 0 Å². The van der Waals surface area contributed by atoms with Crippen LogP contribution >= 0.6 is 0 Å². The molecule has 1 aromatic carbocycles. The summed E-state index contributed by atoms with van der Waals surface area (Å²) in [6.07, 6.45) is 1.28. The van der Waals surface area contributed by atoms with Crippen molar-refractivity contribution in [2.75, 3.05) is 19.6 Å². The van der Waals surface area contributed by atoms with Gasteiger partial charge in [-0.15, -0.1) is 0 Å². The average Bonchev–Trinajstić information content (AvgIpc) is 2.38. The molecule has 2 rings (SSSR count). The molecule has 1 aromatic rings. The molecule has 1 heterocycles. The Bertz CT molecular complexity index is 422. The van der Waals surface area contributed by atoms with Crippen LogP contribution in [0.4, 0.5) is 0 Å². The number of nitrogens with zero attached hydrogens (tertiary/aromatic N) is 1. The van der Waals surface area contributed by atoms with Gasteiger partial charge in [-0.25, -0.2) is 0 Å². The summed E-state index contributed by atoms with van der Waals surface area (Å²) in [5, 5.41) is 3.09. The van der Waals surface area contributed by atoms with E-state index in [0.717, 1.165) is 18.7 Å². The van der Waals surface area contributed by atoms with E-state index in [0.29, 0.717) is 18.4 Å². The maximum atomic E-state index is 12.2. The Hall–Kier alpha value is -1.35. The van der Waals surface area contributed by atoms with Gasteiger partial charge in [0, 0.05) is 13.1 Å². The summed E-state index contributed by atoms with van der Waals surface area (Å²) < 4.78 is 0. The first-order valence-corrected chi connectivity index (χ1v) is 7.61. The molecule has 3 atom stereocenters. The molecule has 0 bridgehead atoms. The summed E-state index contributed by atoms with van der Waals surface area (Å²) in [6.45, 7) is 9.18. The van der Waals surface area contributed by atoms with Crippen molar-refractivity contribution in [3.05, 3.63) is 35.9 Å². The lowest BCUT2D eigenvalue weighted by Gasteiger charge is -2.34. The summed E-state index contributed by atoms with van der Waals surface area (Å²) in [7, 11) is 0. The van der Waals surface area contributed by atoms with Gasteiger partial charge in [0.25, 0.3) is 0 Å². The standard InChI is InChI=1S/C17H26N2O/c1-13-9-14(2)11-19(10-13)12-17(20)18-15(3)16-7-5-4-6-8-16/h4-8,13-15H,9-12H2,1-3H3,(H,18,20). The van der Waals surface area contributed by atoms with Crippen molar-refractivity contribution in [1.82, 2.24) is 10.2 Å². The lowest BCUT2D eigenvalue weighted by Crippen LogP contribution is -2.44. The van der Waals surface area contributed by atoms with Crippen LogP contribution in [-0.4, -0.2) is 30.4 Å². The monoisotopic (exact) mass is 274 g/mol. The number of benzene rings is 1. The molecule has 0 radical (unpaired) electrons. The number of carbonyl (C=O) groups excluding carboxylic acids is 1. The fraction of sp³-hybridized carbons (Fsp3) is 0.588. The Morgan fingerprint density at radius 2 is 1.85 bits per heavy atom. The molecule has 0 spiro atoms. The molecule has 0 aromatic heterocycles. The van der Waals surface area contributed by atoms with Crippen LogP contribution in [0, 0.1) is 11.8 Å². The number of amides is 1. The maximum Gasteiger partial charge on any atom is 0.234 e. The summed E-state index contributed by atoms with van der Waals surface area (Å²) in [5.41, 5.74) is 1.15. The normalized spacial score (nSPS) is 25.1. The highest BCUT2D eigenvalue weighted by atomic mass is 16.2. The third-order valence-electron chi connectivity index (χ3n) is 3.99. The Morgan fingerprint density at radius 1 is 1.25 bits per heavy atom. The minimum Gasteiger partial charge on any atom is -0.348 e. The van der Waals surface area contributed by atoms with Crippen LogP contribution in [0.15, 0.2) is 30.3 Å². The zero-order chi connectivity index (χ0) is 14.5. The lowest BCUT2D eigenvalue weighted by molar-refractivity contribution is -0.123. The topological polar surface area (TPSA) is 32.3 Å². The number of likely N-dealkylation sites (tertiary alicyclic amines) is 1. The molecule has 1 aliphatic heterocycles. The van der Waals surface area contributed by atoms with Gasteiger partial charge in [-0.2, -0.15) is 0 Å². The highest BCUT2D eigenvalue weighted by Gasteiger charge is 2.23. The Balaban J connectivity index is 1.83. The second kappa shape index (κ2) is 6.89. The number of rotatable bonds is 4. The fourth-order valence-electron chi connectivity index (χ4n) is 3.24. The zero-order valence-corrected chi connectivity index (χ0v) is 12.8. The molecule has 110 valence electrons. The van der Waals surface area contributed by atoms with Crippen molar-refractivity contribution in [2.45, 2.75) is 33.2 Å². The molecule has 1 N–H and O–H groups in total. The van der Waals surface area contributed by atoms with Gasteiger partial charge in [0.2, 0.25) is 5.91 Å². The first kappa shape index (κ1) is 15.0.